The molecule has 106 valence electrons. The van der Waals surface area contributed by atoms with Crippen LogP contribution in [0.15, 0.2) is 29.6 Å². The summed E-state index contributed by atoms with van der Waals surface area (Å²) in [5.74, 6) is 1.93. The van der Waals surface area contributed by atoms with Crippen LogP contribution in [0.5, 0.6) is 17.2 Å². The van der Waals surface area contributed by atoms with Gasteiger partial charge in [-0.1, -0.05) is 6.07 Å². The summed E-state index contributed by atoms with van der Waals surface area (Å²) in [6.07, 6.45) is 0.303. The van der Waals surface area contributed by atoms with Crippen molar-refractivity contribution in [2.45, 2.75) is 6.42 Å². The minimum absolute atomic E-state index is 0.0315. The largest absolute Gasteiger partial charge is 0.495 e. The maximum Gasteiger partial charge on any atom is 0.180 e. The number of hydrogen-bond acceptors (Lipinski definition) is 5. The number of rotatable bonds is 6. The van der Waals surface area contributed by atoms with Crippen molar-refractivity contribution >= 4 is 17.1 Å². The molecule has 20 heavy (non-hydrogen) atoms. The maximum atomic E-state index is 12.3. The van der Waals surface area contributed by atoms with Crippen molar-refractivity contribution < 1.29 is 19.0 Å². The lowest BCUT2D eigenvalue weighted by Gasteiger charge is -2.09. The van der Waals surface area contributed by atoms with Gasteiger partial charge in [-0.25, -0.2) is 0 Å². The average molecular weight is 292 g/mol. The van der Waals surface area contributed by atoms with Gasteiger partial charge in [-0.2, -0.15) is 0 Å². The first-order chi connectivity index (χ1) is 9.69. The van der Waals surface area contributed by atoms with Crippen molar-refractivity contribution in [3.05, 3.63) is 40.1 Å². The first kappa shape index (κ1) is 14.4. The van der Waals surface area contributed by atoms with E-state index in [0.29, 0.717) is 28.5 Å². The predicted molar refractivity (Wildman–Crippen MR) is 78.5 cm³/mol. The summed E-state index contributed by atoms with van der Waals surface area (Å²) in [5, 5.41) is 1.85. The van der Waals surface area contributed by atoms with Gasteiger partial charge in [-0.3, -0.25) is 4.79 Å². The van der Waals surface area contributed by atoms with Crippen molar-refractivity contribution in [1.82, 2.24) is 0 Å². The van der Waals surface area contributed by atoms with Crippen LogP contribution in [0.2, 0.25) is 0 Å². The SMILES string of the molecule is COc1ccc(CC(=O)c2sccc2OC)cc1OC. The summed E-state index contributed by atoms with van der Waals surface area (Å²) < 4.78 is 15.6. The lowest BCUT2D eigenvalue weighted by molar-refractivity contribution is 0.0994. The van der Waals surface area contributed by atoms with Gasteiger partial charge in [0.15, 0.2) is 17.3 Å². The fourth-order valence-corrected chi connectivity index (χ4v) is 2.72. The van der Waals surface area contributed by atoms with Crippen molar-refractivity contribution in [2.24, 2.45) is 0 Å². The first-order valence-electron chi connectivity index (χ1n) is 6.05. The smallest absolute Gasteiger partial charge is 0.180 e. The molecule has 0 amide bonds. The van der Waals surface area contributed by atoms with E-state index >= 15 is 0 Å². The highest BCUT2D eigenvalue weighted by Gasteiger charge is 2.15. The molecule has 0 radical (unpaired) electrons. The van der Waals surface area contributed by atoms with Gasteiger partial charge in [0.2, 0.25) is 0 Å². The molecule has 0 aliphatic rings. The second-order valence-corrected chi connectivity index (χ2v) is 5.02. The summed E-state index contributed by atoms with van der Waals surface area (Å²) in [6, 6.07) is 7.27. The monoisotopic (exact) mass is 292 g/mol. The number of thiophene rings is 1. The Morgan fingerprint density at radius 3 is 2.35 bits per heavy atom. The van der Waals surface area contributed by atoms with E-state index in [1.54, 1.807) is 33.5 Å². The van der Waals surface area contributed by atoms with Crippen LogP contribution in [-0.4, -0.2) is 27.1 Å². The molecule has 0 unspecified atom stereocenters. The summed E-state index contributed by atoms with van der Waals surface area (Å²) in [6.45, 7) is 0. The Morgan fingerprint density at radius 1 is 1.00 bits per heavy atom. The molecule has 1 heterocycles. The van der Waals surface area contributed by atoms with Gasteiger partial charge in [0.1, 0.15) is 10.6 Å². The molecule has 0 atom stereocenters. The molecule has 0 spiro atoms. The van der Waals surface area contributed by atoms with Crippen LogP contribution >= 0.6 is 11.3 Å². The standard InChI is InChI=1S/C15H16O4S/c1-17-12-5-4-10(9-14(12)19-3)8-11(16)15-13(18-2)6-7-20-15/h4-7,9H,8H2,1-3H3. The van der Waals surface area contributed by atoms with Gasteiger partial charge >= 0.3 is 0 Å². The zero-order valence-corrected chi connectivity index (χ0v) is 12.5. The molecular formula is C15H16O4S. The number of benzene rings is 1. The van der Waals surface area contributed by atoms with E-state index in [-0.39, 0.29) is 5.78 Å². The Balaban J connectivity index is 2.20. The average Bonchev–Trinajstić information content (AvgIpc) is 2.95. The quantitative estimate of drug-likeness (QED) is 0.767. The molecule has 0 saturated carbocycles. The third kappa shape index (κ3) is 2.93. The number of methoxy groups -OCH3 is 3. The normalized spacial score (nSPS) is 10.2. The Labute approximate surface area is 121 Å². The fourth-order valence-electron chi connectivity index (χ4n) is 1.92. The van der Waals surface area contributed by atoms with Crippen LogP contribution < -0.4 is 14.2 Å². The lowest BCUT2D eigenvalue weighted by atomic mass is 10.1. The van der Waals surface area contributed by atoms with Crippen LogP contribution in [0.4, 0.5) is 0 Å². The lowest BCUT2D eigenvalue weighted by Crippen LogP contribution is -2.03. The molecular weight excluding hydrogens is 276 g/mol. The highest BCUT2D eigenvalue weighted by molar-refractivity contribution is 7.12. The molecule has 2 rings (SSSR count). The molecule has 1 aromatic heterocycles. The first-order valence-corrected chi connectivity index (χ1v) is 6.93. The molecule has 0 bridgehead atoms. The van der Waals surface area contributed by atoms with E-state index < -0.39 is 0 Å². The highest BCUT2D eigenvalue weighted by atomic mass is 32.1. The number of carbonyl (C=O) groups is 1. The minimum atomic E-state index is 0.0315. The Bertz CT molecular complexity index is 604. The Morgan fingerprint density at radius 2 is 1.70 bits per heavy atom. The van der Waals surface area contributed by atoms with E-state index in [9.17, 15) is 4.79 Å². The third-order valence-corrected chi connectivity index (χ3v) is 3.85. The van der Waals surface area contributed by atoms with Gasteiger partial charge < -0.3 is 14.2 Å². The van der Waals surface area contributed by atoms with Crippen molar-refractivity contribution in [1.29, 1.82) is 0 Å². The number of carbonyl (C=O) groups excluding carboxylic acids is 1. The van der Waals surface area contributed by atoms with Crippen molar-refractivity contribution in [2.75, 3.05) is 21.3 Å². The minimum Gasteiger partial charge on any atom is -0.495 e. The van der Waals surface area contributed by atoms with E-state index in [0.717, 1.165) is 5.56 Å². The molecule has 0 saturated heterocycles. The summed E-state index contributed by atoms with van der Waals surface area (Å²) >= 11 is 1.39. The number of Topliss-reactive ketones (excluding diaryl/α,β-unsaturated/α-hetero) is 1. The van der Waals surface area contributed by atoms with Crippen molar-refractivity contribution in [3.63, 3.8) is 0 Å². The fraction of sp³-hybridized carbons (Fsp3) is 0.267. The van der Waals surface area contributed by atoms with Crippen LogP contribution in [-0.2, 0) is 6.42 Å². The van der Waals surface area contributed by atoms with Crippen LogP contribution in [0.1, 0.15) is 15.2 Å². The van der Waals surface area contributed by atoms with Crippen LogP contribution in [0.25, 0.3) is 0 Å². The summed E-state index contributed by atoms with van der Waals surface area (Å²) in [4.78, 5) is 12.9. The van der Waals surface area contributed by atoms with E-state index in [1.807, 2.05) is 17.5 Å². The van der Waals surface area contributed by atoms with Crippen LogP contribution in [0, 0.1) is 0 Å². The number of ether oxygens (including phenoxy) is 3. The molecule has 4 nitrogen and oxygen atoms in total. The van der Waals surface area contributed by atoms with Gasteiger partial charge in [-0.05, 0) is 29.1 Å². The van der Waals surface area contributed by atoms with E-state index in [2.05, 4.69) is 0 Å². The van der Waals surface area contributed by atoms with Crippen molar-refractivity contribution in [3.8, 4) is 17.2 Å². The van der Waals surface area contributed by atoms with E-state index in [4.69, 9.17) is 14.2 Å². The number of hydrogen-bond donors (Lipinski definition) is 0. The van der Waals surface area contributed by atoms with Gasteiger partial charge in [0.05, 0.1) is 21.3 Å². The molecule has 0 aliphatic heterocycles. The molecule has 2 aromatic rings. The maximum absolute atomic E-state index is 12.3. The molecule has 1 aromatic carbocycles. The Hall–Kier alpha value is -2.01. The predicted octanol–water partition coefficient (Wildman–Crippen LogP) is 3.20. The molecule has 0 fully saturated rings. The second kappa shape index (κ2) is 6.43. The second-order valence-electron chi connectivity index (χ2n) is 4.11. The van der Waals surface area contributed by atoms with Gasteiger partial charge in [-0.15, -0.1) is 11.3 Å². The summed E-state index contributed by atoms with van der Waals surface area (Å²) in [7, 11) is 4.72. The zero-order valence-electron chi connectivity index (χ0n) is 11.6. The molecule has 5 heteroatoms. The zero-order chi connectivity index (χ0) is 14.5. The van der Waals surface area contributed by atoms with Crippen LogP contribution in [0.3, 0.4) is 0 Å². The highest BCUT2D eigenvalue weighted by Crippen LogP contribution is 2.30. The number of ketones is 1. The molecule has 0 N–H and O–H groups in total. The van der Waals surface area contributed by atoms with E-state index in [1.165, 1.54) is 11.3 Å². The molecule has 0 aliphatic carbocycles. The topological polar surface area (TPSA) is 44.8 Å². The van der Waals surface area contributed by atoms with Gasteiger partial charge in [0, 0.05) is 6.42 Å². The Kier molecular flexibility index (Phi) is 4.63. The summed E-state index contributed by atoms with van der Waals surface area (Å²) in [5.41, 5.74) is 0.878. The third-order valence-electron chi connectivity index (χ3n) is 2.91. The van der Waals surface area contributed by atoms with Gasteiger partial charge in [0.25, 0.3) is 0 Å².